The maximum Gasteiger partial charge on any atom is 0.0403 e. The first-order chi connectivity index (χ1) is 8.99. The van der Waals surface area contributed by atoms with E-state index in [4.69, 9.17) is 5.73 Å². The van der Waals surface area contributed by atoms with Crippen LogP contribution in [0.5, 0.6) is 0 Å². The highest BCUT2D eigenvalue weighted by Crippen LogP contribution is 2.33. The first-order valence-electron chi connectivity index (χ1n) is 6.91. The summed E-state index contributed by atoms with van der Waals surface area (Å²) in [5.41, 5.74) is 8.71. The summed E-state index contributed by atoms with van der Waals surface area (Å²) in [5.74, 6) is 1.21. The van der Waals surface area contributed by atoms with Gasteiger partial charge in [0.05, 0.1) is 0 Å². The number of anilines is 1. The molecule has 3 atom stereocenters. The lowest BCUT2D eigenvalue weighted by atomic mass is 10.0. The molecule has 0 saturated carbocycles. The Morgan fingerprint density at radius 3 is 2.89 bits per heavy atom. The number of nitrogens with two attached hydrogens (primary N) is 1. The minimum atomic E-state index is 0.194. The number of rotatable bonds is 3. The van der Waals surface area contributed by atoms with Crippen molar-refractivity contribution in [3.63, 3.8) is 0 Å². The molecule has 2 rings (SSSR count). The highest BCUT2D eigenvalue weighted by Gasteiger charge is 2.26. The first-order valence-corrected chi connectivity index (χ1v) is 8.75. The Kier molecular flexibility index (Phi) is 5.21. The summed E-state index contributed by atoms with van der Waals surface area (Å²) in [5, 5.41) is 0.681. The number of hydrogen-bond donors (Lipinski definition) is 1. The molecule has 0 spiro atoms. The van der Waals surface area contributed by atoms with E-state index in [1.807, 2.05) is 0 Å². The summed E-state index contributed by atoms with van der Waals surface area (Å²) in [6, 6.07) is 7.37. The largest absolute Gasteiger partial charge is 0.367 e. The first kappa shape index (κ1) is 15.2. The number of hydrogen-bond acceptors (Lipinski definition) is 3. The van der Waals surface area contributed by atoms with Crippen LogP contribution in [0.25, 0.3) is 0 Å². The second-order valence-corrected chi connectivity index (χ2v) is 7.87. The zero-order valence-electron chi connectivity index (χ0n) is 11.9. The average molecular weight is 343 g/mol. The minimum Gasteiger partial charge on any atom is -0.367 e. The molecule has 1 aliphatic heterocycles. The van der Waals surface area contributed by atoms with Crippen molar-refractivity contribution in [3.05, 3.63) is 28.2 Å². The van der Waals surface area contributed by atoms with Crippen LogP contribution in [0, 0.1) is 0 Å². The summed E-state index contributed by atoms with van der Waals surface area (Å²) in [4.78, 5) is 2.55. The van der Waals surface area contributed by atoms with E-state index in [1.54, 1.807) is 0 Å². The fourth-order valence-electron chi connectivity index (χ4n) is 2.62. The van der Waals surface area contributed by atoms with Crippen LogP contribution < -0.4 is 10.6 Å². The molecule has 1 aliphatic rings. The fourth-order valence-corrected chi connectivity index (χ4v) is 4.13. The summed E-state index contributed by atoms with van der Waals surface area (Å²) >= 11 is 5.65. The zero-order valence-corrected chi connectivity index (χ0v) is 14.3. The van der Waals surface area contributed by atoms with Crippen LogP contribution in [0.2, 0.25) is 0 Å². The Hall–Kier alpha value is -0.190. The van der Waals surface area contributed by atoms with E-state index in [2.05, 4.69) is 71.6 Å². The molecule has 19 heavy (non-hydrogen) atoms. The number of nitrogens with zero attached hydrogens (tertiary/aromatic N) is 1. The van der Waals surface area contributed by atoms with Crippen molar-refractivity contribution in [2.24, 2.45) is 5.73 Å². The van der Waals surface area contributed by atoms with Crippen molar-refractivity contribution in [1.29, 1.82) is 0 Å². The molecule has 106 valence electrons. The van der Waals surface area contributed by atoms with Crippen LogP contribution in [-0.2, 0) is 6.42 Å². The van der Waals surface area contributed by atoms with Crippen LogP contribution in [0.3, 0.4) is 0 Å². The van der Waals surface area contributed by atoms with Gasteiger partial charge >= 0.3 is 0 Å². The van der Waals surface area contributed by atoms with Gasteiger partial charge in [0, 0.05) is 39.8 Å². The van der Waals surface area contributed by atoms with Crippen molar-refractivity contribution < 1.29 is 0 Å². The quantitative estimate of drug-likeness (QED) is 0.908. The van der Waals surface area contributed by atoms with Gasteiger partial charge in [-0.3, -0.25) is 0 Å². The van der Waals surface area contributed by atoms with Crippen LogP contribution in [-0.4, -0.2) is 29.6 Å². The van der Waals surface area contributed by atoms with E-state index >= 15 is 0 Å². The molecule has 1 heterocycles. The molecule has 2 nitrogen and oxygen atoms in total. The molecule has 2 N–H and O–H groups in total. The van der Waals surface area contributed by atoms with Gasteiger partial charge in [0.25, 0.3) is 0 Å². The fraction of sp³-hybridized carbons (Fsp3) is 0.600. The molecule has 0 bridgehead atoms. The molecule has 1 saturated heterocycles. The van der Waals surface area contributed by atoms with E-state index in [0.29, 0.717) is 11.3 Å². The molecule has 1 fully saturated rings. The smallest absolute Gasteiger partial charge is 0.0403 e. The lowest BCUT2D eigenvalue weighted by Crippen LogP contribution is -2.45. The van der Waals surface area contributed by atoms with Crippen molar-refractivity contribution in [2.75, 3.05) is 17.2 Å². The van der Waals surface area contributed by atoms with Gasteiger partial charge in [-0.05, 0) is 44.0 Å². The summed E-state index contributed by atoms with van der Waals surface area (Å²) < 4.78 is 1.14. The molecule has 0 aromatic heterocycles. The van der Waals surface area contributed by atoms with Gasteiger partial charge in [-0.1, -0.05) is 22.9 Å². The third-order valence-electron chi connectivity index (χ3n) is 3.78. The van der Waals surface area contributed by atoms with Gasteiger partial charge in [-0.15, -0.1) is 0 Å². The van der Waals surface area contributed by atoms with Gasteiger partial charge in [0.2, 0.25) is 0 Å². The standard InChI is InChI=1S/C15H23BrN2S/c1-10(17)8-13-9-14(16)4-5-15(13)18-6-7-19-12(3)11(18)2/h4-5,9-12H,6-8,17H2,1-3H3. The lowest BCUT2D eigenvalue weighted by Gasteiger charge is -2.40. The topological polar surface area (TPSA) is 29.3 Å². The molecule has 1 aromatic rings. The van der Waals surface area contributed by atoms with Gasteiger partial charge in [0.1, 0.15) is 0 Å². The van der Waals surface area contributed by atoms with E-state index in [0.717, 1.165) is 17.4 Å². The SMILES string of the molecule is CC(N)Cc1cc(Br)ccc1N1CCSC(C)C1C. The minimum absolute atomic E-state index is 0.194. The Morgan fingerprint density at radius 2 is 2.21 bits per heavy atom. The Bertz CT molecular complexity index is 436. The molecule has 0 radical (unpaired) electrons. The Labute approximate surface area is 129 Å². The summed E-state index contributed by atoms with van der Waals surface area (Å²) in [6.45, 7) is 7.85. The van der Waals surface area contributed by atoms with Crippen molar-refractivity contribution in [3.8, 4) is 0 Å². The van der Waals surface area contributed by atoms with Gasteiger partial charge in [-0.2, -0.15) is 11.8 Å². The molecule has 0 amide bonds. The predicted octanol–water partition coefficient (Wildman–Crippen LogP) is 3.67. The maximum absolute atomic E-state index is 6.00. The average Bonchev–Trinajstić information content (AvgIpc) is 2.33. The van der Waals surface area contributed by atoms with Crippen LogP contribution in [0.1, 0.15) is 26.3 Å². The molecule has 1 aromatic carbocycles. The van der Waals surface area contributed by atoms with E-state index in [-0.39, 0.29) is 6.04 Å². The maximum atomic E-state index is 6.00. The Morgan fingerprint density at radius 1 is 1.47 bits per heavy atom. The van der Waals surface area contributed by atoms with Gasteiger partial charge in [0.15, 0.2) is 0 Å². The molecule has 4 heteroatoms. The van der Waals surface area contributed by atoms with Crippen molar-refractivity contribution in [1.82, 2.24) is 0 Å². The van der Waals surface area contributed by atoms with Crippen LogP contribution in [0.15, 0.2) is 22.7 Å². The van der Waals surface area contributed by atoms with Gasteiger partial charge in [-0.25, -0.2) is 0 Å². The Balaban J connectivity index is 2.32. The highest BCUT2D eigenvalue weighted by molar-refractivity contribution is 9.10. The van der Waals surface area contributed by atoms with E-state index in [1.165, 1.54) is 17.0 Å². The van der Waals surface area contributed by atoms with E-state index in [9.17, 15) is 0 Å². The number of benzene rings is 1. The summed E-state index contributed by atoms with van der Waals surface area (Å²) in [6.07, 6.45) is 0.930. The van der Waals surface area contributed by atoms with Crippen molar-refractivity contribution in [2.45, 2.75) is 44.5 Å². The normalized spacial score (nSPS) is 25.4. The highest BCUT2D eigenvalue weighted by atomic mass is 79.9. The second-order valence-electron chi connectivity index (χ2n) is 5.46. The van der Waals surface area contributed by atoms with Crippen molar-refractivity contribution >= 4 is 33.4 Å². The van der Waals surface area contributed by atoms with Crippen LogP contribution >= 0.6 is 27.7 Å². The number of halogens is 1. The molecular weight excluding hydrogens is 320 g/mol. The molecular formula is C15H23BrN2S. The second kappa shape index (κ2) is 6.51. The molecule has 0 aliphatic carbocycles. The van der Waals surface area contributed by atoms with Crippen LogP contribution in [0.4, 0.5) is 5.69 Å². The predicted molar refractivity (Wildman–Crippen MR) is 90.2 cm³/mol. The zero-order chi connectivity index (χ0) is 14.0. The van der Waals surface area contributed by atoms with E-state index < -0.39 is 0 Å². The molecule has 3 unspecified atom stereocenters. The summed E-state index contributed by atoms with van der Waals surface area (Å²) in [7, 11) is 0. The third kappa shape index (κ3) is 3.67. The third-order valence-corrected chi connectivity index (χ3v) is 5.61. The number of thioether (sulfide) groups is 1. The monoisotopic (exact) mass is 342 g/mol. The van der Waals surface area contributed by atoms with Gasteiger partial charge < -0.3 is 10.6 Å². The lowest BCUT2D eigenvalue weighted by molar-refractivity contribution is 0.621.